The molecule has 0 saturated carbocycles. The molecule has 0 radical (unpaired) electrons. The molecule has 1 amide bonds. The summed E-state index contributed by atoms with van der Waals surface area (Å²) in [5.74, 6) is 0.719. The van der Waals surface area contributed by atoms with E-state index in [1.807, 2.05) is 24.3 Å². The van der Waals surface area contributed by atoms with E-state index in [9.17, 15) is 4.79 Å². The molecule has 0 bridgehead atoms. The molecular weight excluding hydrogens is 466 g/mol. The molecule has 2 aliphatic rings. The van der Waals surface area contributed by atoms with E-state index >= 15 is 0 Å². The quantitative estimate of drug-likeness (QED) is 0.383. The number of benzene rings is 3. The number of amides is 1. The molecule has 0 spiro atoms. The first kappa shape index (κ1) is 24.7. The molecule has 3 aromatic rings. The average Bonchev–Trinajstić information content (AvgIpc) is 3.31. The average molecular weight is 500 g/mol. The molecule has 1 saturated heterocycles. The highest BCUT2D eigenvalue weighted by Crippen LogP contribution is 2.37. The molecule has 1 fully saturated rings. The van der Waals surface area contributed by atoms with Crippen molar-refractivity contribution in [3.63, 3.8) is 0 Å². The first-order valence-electron chi connectivity index (χ1n) is 13.0. The van der Waals surface area contributed by atoms with E-state index in [0.29, 0.717) is 23.9 Å². The minimum absolute atomic E-state index is 0.0428. The van der Waals surface area contributed by atoms with Crippen LogP contribution in [-0.4, -0.2) is 41.2 Å². The van der Waals surface area contributed by atoms with Crippen LogP contribution in [0.25, 0.3) is 0 Å². The molecule has 2 aliphatic heterocycles. The van der Waals surface area contributed by atoms with E-state index in [4.69, 9.17) is 16.7 Å². The Hall–Kier alpha value is -2.95. The minimum atomic E-state index is -0.183. The van der Waals surface area contributed by atoms with E-state index in [1.165, 1.54) is 16.7 Å². The van der Waals surface area contributed by atoms with Crippen LogP contribution in [0.1, 0.15) is 53.1 Å². The number of hydrogen-bond donors (Lipinski definition) is 0. The molecule has 5 heteroatoms. The third kappa shape index (κ3) is 5.55. The van der Waals surface area contributed by atoms with E-state index in [2.05, 4.69) is 67.3 Å². The third-order valence-electron chi connectivity index (χ3n) is 7.56. The predicted octanol–water partition coefficient (Wildman–Crippen LogP) is 6.59. The maximum atomic E-state index is 13.6. The Morgan fingerprint density at radius 2 is 1.69 bits per heavy atom. The van der Waals surface area contributed by atoms with Gasteiger partial charge in [-0.25, -0.2) is 5.01 Å². The smallest absolute Gasteiger partial charge is 0.257 e. The summed E-state index contributed by atoms with van der Waals surface area (Å²) in [5.41, 5.74) is 6.82. The van der Waals surface area contributed by atoms with Gasteiger partial charge < -0.3 is 0 Å². The number of carbonyl (C=O) groups excluding carboxylic acids is 1. The number of likely N-dealkylation sites (tertiary alicyclic amines) is 1. The molecule has 0 N–H and O–H groups in total. The van der Waals surface area contributed by atoms with Crippen LogP contribution in [0, 0.1) is 19.8 Å². The Kier molecular flexibility index (Phi) is 7.54. The van der Waals surface area contributed by atoms with Crippen LogP contribution in [-0.2, 0) is 11.2 Å². The van der Waals surface area contributed by atoms with Gasteiger partial charge in [0.05, 0.1) is 18.3 Å². The number of hydrogen-bond acceptors (Lipinski definition) is 3. The van der Waals surface area contributed by atoms with Gasteiger partial charge in [-0.2, -0.15) is 5.10 Å². The van der Waals surface area contributed by atoms with Gasteiger partial charge in [0.15, 0.2) is 0 Å². The van der Waals surface area contributed by atoms with Crippen molar-refractivity contribution >= 4 is 23.2 Å². The monoisotopic (exact) mass is 499 g/mol. The van der Waals surface area contributed by atoms with E-state index in [-0.39, 0.29) is 11.9 Å². The zero-order chi connectivity index (χ0) is 25.1. The second-order valence-electron chi connectivity index (χ2n) is 10.3. The van der Waals surface area contributed by atoms with Gasteiger partial charge in [0, 0.05) is 17.0 Å². The number of piperidine rings is 1. The van der Waals surface area contributed by atoms with Gasteiger partial charge in [-0.05, 0) is 74.9 Å². The predicted molar refractivity (Wildman–Crippen MR) is 147 cm³/mol. The van der Waals surface area contributed by atoms with Crippen molar-refractivity contribution in [3.05, 3.63) is 106 Å². The van der Waals surface area contributed by atoms with Crippen LogP contribution in [0.5, 0.6) is 0 Å². The largest absolute Gasteiger partial charge is 0.294 e. The summed E-state index contributed by atoms with van der Waals surface area (Å²) in [6.07, 6.45) is 4.02. The van der Waals surface area contributed by atoms with Gasteiger partial charge in [0.1, 0.15) is 0 Å². The molecule has 186 valence electrons. The lowest BCUT2D eigenvalue weighted by Gasteiger charge is -2.33. The Balaban J connectivity index is 1.30. The second-order valence-corrected chi connectivity index (χ2v) is 10.7. The zero-order valence-corrected chi connectivity index (χ0v) is 21.9. The summed E-state index contributed by atoms with van der Waals surface area (Å²) in [6.45, 7) is 6.49. The highest BCUT2D eigenvalue weighted by atomic mass is 35.5. The molecule has 3 aromatic carbocycles. The summed E-state index contributed by atoms with van der Waals surface area (Å²) in [5, 5.41) is 7.28. The summed E-state index contributed by atoms with van der Waals surface area (Å²) in [7, 11) is 0. The SMILES string of the molecule is Cc1ccc(C2=NN(C(=O)CN3CCC(Cc4ccccc4)CC3)C(c3ccccc3Cl)C2)c(C)c1. The molecule has 0 aliphatic carbocycles. The number of rotatable bonds is 6. The van der Waals surface area contributed by atoms with Crippen LogP contribution < -0.4 is 0 Å². The third-order valence-corrected chi connectivity index (χ3v) is 7.90. The van der Waals surface area contributed by atoms with E-state index < -0.39 is 0 Å². The Labute approximate surface area is 219 Å². The topological polar surface area (TPSA) is 35.9 Å². The number of nitrogens with zero attached hydrogens (tertiary/aromatic N) is 3. The summed E-state index contributed by atoms with van der Waals surface area (Å²) in [4.78, 5) is 15.9. The van der Waals surface area contributed by atoms with Gasteiger partial charge in [-0.1, -0.05) is 83.9 Å². The van der Waals surface area contributed by atoms with Gasteiger partial charge >= 0.3 is 0 Å². The molecule has 2 heterocycles. The van der Waals surface area contributed by atoms with Crippen molar-refractivity contribution in [2.24, 2.45) is 11.0 Å². The molecular formula is C31H34ClN3O. The lowest BCUT2D eigenvalue weighted by molar-refractivity contribution is -0.134. The lowest BCUT2D eigenvalue weighted by atomic mass is 9.90. The number of hydrazone groups is 1. The Bertz CT molecular complexity index is 1250. The van der Waals surface area contributed by atoms with Crippen LogP contribution in [0.4, 0.5) is 0 Å². The fourth-order valence-corrected chi connectivity index (χ4v) is 5.85. The molecule has 36 heavy (non-hydrogen) atoms. The maximum absolute atomic E-state index is 13.6. The normalized spacial score (nSPS) is 18.9. The van der Waals surface area contributed by atoms with Crippen LogP contribution >= 0.6 is 11.6 Å². The first-order chi connectivity index (χ1) is 17.5. The van der Waals surface area contributed by atoms with Crippen molar-refractivity contribution in [1.29, 1.82) is 0 Å². The summed E-state index contributed by atoms with van der Waals surface area (Å²) in [6, 6.07) is 24.8. The fraction of sp³-hybridized carbons (Fsp3) is 0.355. The van der Waals surface area contributed by atoms with Crippen molar-refractivity contribution < 1.29 is 4.79 Å². The maximum Gasteiger partial charge on any atom is 0.257 e. The van der Waals surface area contributed by atoms with Gasteiger partial charge in [0.2, 0.25) is 0 Å². The molecule has 0 aromatic heterocycles. The Morgan fingerprint density at radius 3 is 2.42 bits per heavy atom. The van der Waals surface area contributed by atoms with Crippen molar-refractivity contribution in [3.8, 4) is 0 Å². The second kappa shape index (κ2) is 11.0. The summed E-state index contributed by atoms with van der Waals surface area (Å²) < 4.78 is 0. The van der Waals surface area contributed by atoms with Crippen molar-refractivity contribution in [1.82, 2.24) is 9.91 Å². The van der Waals surface area contributed by atoms with Gasteiger partial charge in [-0.3, -0.25) is 9.69 Å². The van der Waals surface area contributed by atoms with Gasteiger partial charge in [-0.15, -0.1) is 0 Å². The molecule has 5 rings (SSSR count). The van der Waals surface area contributed by atoms with Crippen molar-refractivity contribution in [2.75, 3.05) is 19.6 Å². The van der Waals surface area contributed by atoms with Crippen LogP contribution in [0.15, 0.2) is 77.9 Å². The van der Waals surface area contributed by atoms with Crippen LogP contribution in [0.3, 0.4) is 0 Å². The minimum Gasteiger partial charge on any atom is -0.294 e. The summed E-state index contributed by atoms with van der Waals surface area (Å²) >= 11 is 6.60. The Morgan fingerprint density at radius 1 is 0.972 bits per heavy atom. The number of carbonyl (C=O) groups is 1. The first-order valence-corrected chi connectivity index (χ1v) is 13.3. The number of aryl methyl sites for hydroxylation is 2. The highest BCUT2D eigenvalue weighted by molar-refractivity contribution is 6.31. The lowest BCUT2D eigenvalue weighted by Crippen LogP contribution is -2.42. The molecule has 4 nitrogen and oxygen atoms in total. The fourth-order valence-electron chi connectivity index (χ4n) is 5.59. The van der Waals surface area contributed by atoms with Gasteiger partial charge in [0.25, 0.3) is 5.91 Å². The number of halogens is 1. The highest BCUT2D eigenvalue weighted by Gasteiger charge is 2.35. The van der Waals surface area contributed by atoms with Crippen LogP contribution in [0.2, 0.25) is 5.02 Å². The zero-order valence-electron chi connectivity index (χ0n) is 21.2. The van der Waals surface area contributed by atoms with E-state index in [1.54, 1.807) is 5.01 Å². The van der Waals surface area contributed by atoms with E-state index in [0.717, 1.165) is 49.2 Å². The molecule has 1 unspecified atom stereocenters. The standard InChI is InChI=1S/C31H34ClN3O/c1-22-12-13-26(23(2)18-22)29-20-30(27-10-6-7-11-28(27)32)35(33-29)31(36)21-34-16-14-25(15-17-34)19-24-8-4-3-5-9-24/h3-13,18,25,30H,14-17,19-21H2,1-2H3. The molecule has 1 atom stereocenters. The van der Waals surface area contributed by atoms with Crippen molar-refractivity contribution in [2.45, 2.75) is 45.6 Å².